The predicted molar refractivity (Wildman–Crippen MR) is 125 cm³/mol. The van der Waals surface area contributed by atoms with Gasteiger partial charge < -0.3 is 14.5 Å². The highest BCUT2D eigenvalue weighted by Crippen LogP contribution is 2.40. The van der Waals surface area contributed by atoms with E-state index in [0.717, 1.165) is 16.7 Å². The number of aryl methyl sites for hydroxylation is 1. The molecule has 3 rings (SSSR count). The number of nitrogens with zero attached hydrogens (tertiary/aromatic N) is 2. The highest BCUT2D eigenvalue weighted by atomic mass is 35.5. The highest BCUT2D eigenvalue weighted by molar-refractivity contribution is 6.44. The summed E-state index contributed by atoms with van der Waals surface area (Å²) in [4.78, 5) is 27.9. The number of hydrogen-bond acceptors (Lipinski definition) is 3. The van der Waals surface area contributed by atoms with E-state index in [-0.39, 0.29) is 11.8 Å². The quantitative estimate of drug-likeness (QED) is 0.539. The first-order valence-electron chi connectivity index (χ1n) is 9.85. The van der Waals surface area contributed by atoms with E-state index in [0.29, 0.717) is 59.8 Å². The SMILES string of the molecule is C=CC(=O)N1CCN(C(=O)CCc2cc(-c3cccc(Cl)c3Cl)c(Cl)cc2OC)CC1. The maximum Gasteiger partial charge on any atom is 0.246 e. The molecule has 0 N–H and O–H groups in total. The van der Waals surface area contributed by atoms with Gasteiger partial charge in [-0.15, -0.1) is 0 Å². The van der Waals surface area contributed by atoms with Crippen molar-refractivity contribution in [1.29, 1.82) is 0 Å². The van der Waals surface area contributed by atoms with Crippen molar-refractivity contribution in [3.8, 4) is 16.9 Å². The standard InChI is InChI=1S/C23H23Cl3N2O3/c1-3-21(29)27-9-11-28(12-10-27)22(30)8-7-15-13-17(19(25)14-20(15)31-2)16-5-4-6-18(24)23(16)26/h3-6,13-14H,1,7-12H2,2H3. The summed E-state index contributed by atoms with van der Waals surface area (Å²) >= 11 is 19.0. The van der Waals surface area contributed by atoms with Crippen molar-refractivity contribution in [3.63, 3.8) is 0 Å². The zero-order valence-electron chi connectivity index (χ0n) is 17.2. The van der Waals surface area contributed by atoms with E-state index in [9.17, 15) is 9.59 Å². The molecule has 0 unspecified atom stereocenters. The van der Waals surface area contributed by atoms with Gasteiger partial charge in [0.15, 0.2) is 0 Å². The molecular weight excluding hydrogens is 459 g/mol. The van der Waals surface area contributed by atoms with Gasteiger partial charge in [-0.2, -0.15) is 0 Å². The molecule has 2 amide bonds. The van der Waals surface area contributed by atoms with Gasteiger partial charge >= 0.3 is 0 Å². The number of benzene rings is 2. The molecule has 5 nitrogen and oxygen atoms in total. The fourth-order valence-electron chi connectivity index (χ4n) is 3.61. The number of rotatable bonds is 6. The van der Waals surface area contributed by atoms with Gasteiger partial charge in [0.05, 0.1) is 22.2 Å². The summed E-state index contributed by atoms with van der Waals surface area (Å²) in [6, 6.07) is 9.00. The number of carbonyl (C=O) groups is 2. The van der Waals surface area contributed by atoms with E-state index < -0.39 is 0 Å². The predicted octanol–water partition coefficient (Wildman–Crippen LogP) is 5.11. The zero-order valence-corrected chi connectivity index (χ0v) is 19.4. The van der Waals surface area contributed by atoms with E-state index in [2.05, 4.69) is 6.58 Å². The Hall–Kier alpha value is -2.21. The molecule has 1 aliphatic rings. The first-order valence-corrected chi connectivity index (χ1v) is 11.0. The van der Waals surface area contributed by atoms with Crippen molar-refractivity contribution in [3.05, 3.63) is 63.6 Å². The van der Waals surface area contributed by atoms with E-state index in [1.54, 1.807) is 29.0 Å². The lowest BCUT2D eigenvalue weighted by Gasteiger charge is -2.34. The average molecular weight is 482 g/mol. The maximum atomic E-state index is 12.7. The minimum absolute atomic E-state index is 0.0324. The van der Waals surface area contributed by atoms with Crippen LogP contribution >= 0.6 is 34.8 Å². The molecule has 2 aromatic rings. The van der Waals surface area contributed by atoms with E-state index in [1.807, 2.05) is 18.2 Å². The third kappa shape index (κ3) is 5.35. The molecule has 1 saturated heterocycles. The second-order valence-corrected chi connectivity index (χ2v) is 8.35. The van der Waals surface area contributed by atoms with Crippen LogP contribution in [-0.4, -0.2) is 54.9 Å². The van der Waals surface area contributed by atoms with Crippen molar-refractivity contribution < 1.29 is 14.3 Å². The van der Waals surface area contributed by atoms with Gasteiger partial charge in [-0.05, 0) is 36.3 Å². The summed E-state index contributed by atoms with van der Waals surface area (Å²) in [7, 11) is 1.57. The van der Waals surface area contributed by atoms with Crippen LogP contribution in [0.2, 0.25) is 15.1 Å². The van der Waals surface area contributed by atoms with Crippen LogP contribution in [-0.2, 0) is 16.0 Å². The lowest BCUT2D eigenvalue weighted by molar-refractivity contribution is -0.137. The summed E-state index contributed by atoms with van der Waals surface area (Å²) in [5.74, 6) is 0.538. The molecule has 31 heavy (non-hydrogen) atoms. The maximum absolute atomic E-state index is 12.7. The summed E-state index contributed by atoms with van der Waals surface area (Å²) < 4.78 is 5.48. The zero-order chi connectivity index (χ0) is 22.5. The van der Waals surface area contributed by atoms with Crippen molar-refractivity contribution in [2.24, 2.45) is 0 Å². The van der Waals surface area contributed by atoms with Crippen LogP contribution in [0.3, 0.4) is 0 Å². The molecule has 1 fully saturated rings. The topological polar surface area (TPSA) is 49.9 Å². The van der Waals surface area contributed by atoms with Crippen LogP contribution in [0, 0.1) is 0 Å². The molecule has 0 bridgehead atoms. The van der Waals surface area contributed by atoms with E-state index >= 15 is 0 Å². The largest absolute Gasteiger partial charge is 0.496 e. The molecule has 0 radical (unpaired) electrons. The summed E-state index contributed by atoms with van der Waals surface area (Å²) in [5.41, 5.74) is 2.30. The third-order valence-corrected chi connectivity index (χ3v) is 6.47. The number of ether oxygens (including phenoxy) is 1. The Balaban J connectivity index is 1.74. The second kappa shape index (κ2) is 10.4. The van der Waals surface area contributed by atoms with Crippen LogP contribution in [0.4, 0.5) is 0 Å². The van der Waals surface area contributed by atoms with Gasteiger partial charge in [0.1, 0.15) is 5.75 Å². The molecule has 1 aliphatic heterocycles. The first-order chi connectivity index (χ1) is 14.8. The van der Waals surface area contributed by atoms with Gasteiger partial charge in [-0.25, -0.2) is 0 Å². The van der Waals surface area contributed by atoms with Gasteiger partial charge in [-0.3, -0.25) is 9.59 Å². The van der Waals surface area contributed by atoms with Gasteiger partial charge in [0, 0.05) is 43.7 Å². The fraction of sp³-hybridized carbons (Fsp3) is 0.304. The first kappa shape index (κ1) is 23.5. The molecule has 0 spiro atoms. The summed E-state index contributed by atoms with van der Waals surface area (Å²) in [5, 5.41) is 1.35. The third-order valence-electron chi connectivity index (χ3n) is 5.34. The minimum atomic E-state index is -0.106. The minimum Gasteiger partial charge on any atom is -0.496 e. The Bertz CT molecular complexity index is 1000. The van der Waals surface area contributed by atoms with Crippen LogP contribution in [0.15, 0.2) is 43.0 Å². The van der Waals surface area contributed by atoms with Crippen LogP contribution in [0.1, 0.15) is 12.0 Å². The van der Waals surface area contributed by atoms with Crippen LogP contribution < -0.4 is 4.74 Å². The monoisotopic (exact) mass is 480 g/mol. The lowest BCUT2D eigenvalue weighted by Crippen LogP contribution is -2.50. The Kier molecular flexibility index (Phi) is 7.87. The van der Waals surface area contributed by atoms with Crippen molar-refractivity contribution in [2.75, 3.05) is 33.3 Å². The number of carbonyl (C=O) groups excluding carboxylic acids is 2. The molecule has 0 saturated carbocycles. The molecule has 0 atom stereocenters. The van der Waals surface area contributed by atoms with Gasteiger partial charge in [0.2, 0.25) is 11.8 Å². The smallest absolute Gasteiger partial charge is 0.246 e. The molecule has 2 aromatic carbocycles. The van der Waals surface area contributed by atoms with E-state index in [1.165, 1.54) is 6.08 Å². The lowest BCUT2D eigenvalue weighted by atomic mass is 9.99. The number of piperazine rings is 1. The van der Waals surface area contributed by atoms with E-state index in [4.69, 9.17) is 39.5 Å². The Labute approximate surface area is 197 Å². The second-order valence-electron chi connectivity index (χ2n) is 7.16. The molecular formula is C23H23Cl3N2O3. The normalized spacial score (nSPS) is 13.8. The average Bonchev–Trinajstić information content (AvgIpc) is 2.79. The number of halogens is 3. The molecule has 1 heterocycles. The molecule has 0 aromatic heterocycles. The van der Waals surface area contributed by atoms with Crippen molar-refractivity contribution in [1.82, 2.24) is 9.80 Å². The summed E-state index contributed by atoms with van der Waals surface area (Å²) in [6.07, 6.45) is 2.10. The Morgan fingerprint density at radius 3 is 2.35 bits per heavy atom. The molecule has 0 aliphatic carbocycles. The number of methoxy groups -OCH3 is 1. The van der Waals surface area contributed by atoms with Crippen molar-refractivity contribution in [2.45, 2.75) is 12.8 Å². The van der Waals surface area contributed by atoms with Gasteiger partial charge in [-0.1, -0.05) is 53.5 Å². The fourth-order valence-corrected chi connectivity index (χ4v) is 4.27. The Morgan fingerprint density at radius 1 is 1.03 bits per heavy atom. The molecule has 8 heteroatoms. The van der Waals surface area contributed by atoms with Crippen molar-refractivity contribution >= 4 is 46.6 Å². The van der Waals surface area contributed by atoms with Gasteiger partial charge in [0.25, 0.3) is 0 Å². The number of hydrogen-bond donors (Lipinski definition) is 0. The van der Waals surface area contributed by atoms with Crippen LogP contribution in [0.25, 0.3) is 11.1 Å². The highest BCUT2D eigenvalue weighted by Gasteiger charge is 2.23. The summed E-state index contributed by atoms with van der Waals surface area (Å²) in [6.45, 7) is 5.56. The van der Waals surface area contributed by atoms with Crippen LogP contribution in [0.5, 0.6) is 5.75 Å². The number of amides is 2. The Morgan fingerprint density at radius 2 is 1.71 bits per heavy atom. The molecule has 164 valence electrons.